The Morgan fingerprint density at radius 3 is 2.48 bits per heavy atom. The number of benzene rings is 2. The molecular formula is C23H27N3O. The second-order valence-corrected chi connectivity index (χ2v) is 6.92. The Balaban J connectivity index is 1.96. The first kappa shape index (κ1) is 18.9. The molecule has 3 rings (SSSR count). The van der Waals surface area contributed by atoms with Gasteiger partial charge in [0.25, 0.3) is 5.91 Å². The van der Waals surface area contributed by atoms with Crippen molar-refractivity contribution in [2.75, 3.05) is 6.54 Å². The quantitative estimate of drug-likeness (QED) is 0.597. The lowest BCUT2D eigenvalue weighted by atomic mass is 10.0. The fraction of sp³-hybridized carbons (Fsp3) is 0.304. The van der Waals surface area contributed by atoms with Gasteiger partial charge in [0.1, 0.15) is 5.69 Å². The van der Waals surface area contributed by atoms with Crippen molar-refractivity contribution in [1.82, 2.24) is 15.1 Å². The molecule has 0 spiro atoms. The Morgan fingerprint density at radius 2 is 1.78 bits per heavy atom. The van der Waals surface area contributed by atoms with Crippen LogP contribution in [0.15, 0.2) is 54.6 Å². The second-order valence-electron chi connectivity index (χ2n) is 6.92. The van der Waals surface area contributed by atoms with Crippen LogP contribution in [0.1, 0.15) is 47.8 Å². The molecule has 0 unspecified atom stereocenters. The van der Waals surface area contributed by atoms with E-state index in [1.807, 2.05) is 36.4 Å². The zero-order valence-electron chi connectivity index (χ0n) is 16.3. The van der Waals surface area contributed by atoms with E-state index in [-0.39, 0.29) is 5.91 Å². The largest absolute Gasteiger partial charge is 0.351 e. The fourth-order valence-corrected chi connectivity index (χ4v) is 3.02. The van der Waals surface area contributed by atoms with Crippen LogP contribution in [0.5, 0.6) is 0 Å². The number of carbonyl (C=O) groups excluding carboxylic acids is 1. The van der Waals surface area contributed by atoms with Crippen LogP contribution in [-0.4, -0.2) is 22.2 Å². The molecule has 27 heavy (non-hydrogen) atoms. The summed E-state index contributed by atoms with van der Waals surface area (Å²) in [5, 5.41) is 7.77. The highest BCUT2D eigenvalue weighted by Crippen LogP contribution is 2.24. The number of rotatable bonds is 7. The number of amides is 1. The molecule has 0 aliphatic carbocycles. The highest BCUT2D eigenvalue weighted by molar-refractivity contribution is 5.94. The van der Waals surface area contributed by atoms with Gasteiger partial charge in [-0.05, 0) is 55.7 Å². The average Bonchev–Trinajstić information content (AvgIpc) is 3.13. The van der Waals surface area contributed by atoms with Gasteiger partial charge in [-0.3, -0.25) is 4.79 Å². The van der Waals surface area contributed by atoms with Crippen molar-refractivity contribution in [2.45, 2.75) is 40.0 Å². The van der Waals surface area contributed by atoms with E-state index in [1.165, 1.54) is 11.1 Å². The van der Waals surface area contributed by atoms with E-state index in [0.29, 0.717) is 12.2 Å². The van der Waals surface area contributed by atoms with Crippen molar-refractivity contribution < 1.29 is 4.79 Å². The minimum absolute atomic E-state index is 0.0856. The molecule has 4 nitrogen and oxygen atoms in total. The highest BCUT2D eigenvalue weighted by Gasteiger charge is 2.17. The Morgan fingerprint density at radius 1 is 1.00 bits per heavy atom. The molecule has 0 radical (unpaired) electrons. The number of aromatic nitrogens is 2. The van der Waals surface area contributed by atoms with Gasteiger partial charge in [0.15, 0.2) is 0 Å². The van der Waals surface area contributed by atoms with Gasteiger partial charge in [-0.2, -0.15) is 5.10 Å². The van der Waals surface area contributed by atoms with Crippen LogP contribution in [0.2, 0.25) is 0 Å². The summed E-state index contributed by atoms with van der Waals surface area (Å²) in [5.74, 6) is -0.0856. The molecule has 0 bridgehead atoms. The summed E-state index contributed by atoms with van der Waals surface area (Å²) in [4.78, 5) is 12.8. The normalized spacial score (nSPS) is 10.8. The van der Waals surface area contributed by atoms with Crippen molar-refractivity contribution in [2.24, 2.45) is 0 Å². The molecule has 0 aliphatic heterocycles. The number of hydrogen-bond donors (Lipinski definition) is 1. The highest BCUT2D eigenvalue weighted by atomic mass is 16.2. The number of nitrogens with zero attached hydrogens (tertiary/aromatic N) is 2. The lowest BCUT2D eigenvalue weighted by Gasteiger charge is -2.08. The van der Waals surface area contributed by atoms with Gasteiger partial charge >= 0.3 is 0 Å². The summed E-state index contributed by atoms with van der Waals surface area (Å²) >= 11 is 0. The van der Waals surface area contributed by atoms with Crippen molar-refractivity contribution in [3.63, 3.8) is 0 Å². The third-order valence-electron chi connectivity index (χ3n) is 4.81. The van der Waals surface area contributed by atoms with Crippen LogP contribution < -0.4 is 5.32 Å². The molecule has 1 amide bonds. The molecule has 1 N–H and O–H groups in total. The van der Waals surface area contributed by atoms with Gasteiger partial charge < -0.3 is 5.32 Å². The van der Waals surface area contributed by atoms with E-state index < -0.39 is 0 Å². The molecular weight excluding hydrogens is 334 g/mol. The zero-order chi connectivity index (χ0) is 19.2. The van der Waals surface area contributed by atoms with Crippen LogP contribution in [0, 0.1) is 13.8 Å². The topological polar surface area (TPSA) is 46.9 Å². The van der Waals surface area contributed by atoms with Gasteiger partial charge in [0.2, 0.25) is 0 Å². The van der Waals surface area contributed by atoms with E-state index in [1.54, 1.807) is 4.68 Å². The van der Waals surface area contributed by atoms with Crippen molar-refractivity contribution in [3.8, 4) is 16.9 Å². The number of nitrogens with one attached hydrogen (secondary N) is 1. The monoisotopic (exact) mass is 361 g/mol. The van der Waals surface area contributed by atoms with Gasteiger partial charge in [-0.15, -0.1) is 0 Å². The SMILES string of the molecule is CCCCCNC(=O)c1cc(-c2ccc(C)c(C)c2)nn1-c1ccccc1. The second kappa shape index (κ2) is 8.67. The summed E-state index contributed by atoms with van der Waals surface area (Å²) < 4.78 is 1.74. The molecule has 1 heterocycles. The lowest BCUT2D eigenvalue weighted by Crippen LogP contribution is -2.26. The lowest BCUT2D eigenvalue weighted by molar-refractivity contribution is 0.0945. The first-order valence-corrected chi connectivity index (χ1v) is 9.61. The van der Waals surface area contributed by atoms with Crippen LogP contribution >= 0.6 is 0 Å². The van der Waals surface area contributed by atoms with Gasteiger partial charge in [0, 0.05) is 12.1 Å². The Hall–Kier alpha value is -2.88. The summed E-state index contributed by atoms with van der Waals surface area (Å²) in [5.41, 5.74) is 5.73. The van der Waals surface area contributed by atoms with Crippen LogP contribution in [-0.2, 0) is 0 Å². The number of para-hydroxylation sites is 1. The van der Waals surface area contributed by atoms with E-state index in [0.717, 1.165) is 36.2 Å². The summed E-state index contributed by atoms with van der Waals surface area (Å²) in [6.07, 6.45) is 3.24. The Bertz CT molecular complexity index is 913. The smallest absolute Gasteiger partial charge is 0.270 e. The molecule has 140 valence electrons. The minimum atomic E-state index is -0.0856. The maximum Gasteiger partial charge on any atom is 0.270 e. The standard InChI is InChI=1S/C23H27N3O/c1-4-5-9-14-24-23(27)22-16-21(19-13-12-17(2)18(3)15-19)25-26(22)20-10-7-6-8-11-20/h6-8,10-13,15-16H,4-5,9,14H2,1-3H3,(H,24,27). The number of hydrogen-bond acceptors (Lipinski definition) is 2. The Kier molecular flexibility index (Phi) is 6.07. The van der Waals surface area contributed by atoms with Crippen molar-refractivity contribution >= 4 is 5.91 Å². The summed E-state index contributed by atoms with van der Waals surface area (Å²) in [7, 11) is 0. The third kappa shape index (κ3) is 4.45. The van der Waals surface area contributed by atoms with Crippen molar-refractivity contribution in [1.29, 1.82) is 0 Å². The predicted octanol–water partition coefficient (Wildman–Crippen LogP) is 5.08. The Labute approximate surface area is 161 Å². The molecule has 0 aliphatic rings. The van der Waals surface area contributed by atoms with Crippen molar-refractivity contribution in [3.05, 3.63) is 71.4 Å². The fourth-order valence-electron chi connectivity index (χ4n) is 3.02. The maximum absolute atomic E-state index is 12.8. The zero-order valence-corrected chi connectivity index (χ0v) is 16.3. The first-order chi connectivity index (χ1) is 13.1. The van der Waals surface area contributed by atoms with Crippen LogP contribution in [0.25, 0.3) is 16.9 Å². The third-order valence-corrected chi connectivity index (χ3v) is 4.81. The molecule has 0 atom stereocenters. The molecule has 4 heteroatoms. The number of unbranched alkanes of at least 4 members (excludes halogenated alkanes) is 2. The number of aryl methyl sites for hydroxylation is 2. The maximum atomic E-state index is 12.8. The summed E-state index contributed by atoms with van der Waals surface area (Å²) in [6.45, 7) is 7.03. The van der Waals surface area contributed by atoms with Gasteiger partial charge in [-0.1, -0.05) is 50.1 Å². The van der Waals surface area contributed by atoms with E-state index in [4.69, 9.17) is 5.10 Å². The minimum Gasteiger partial charge on any atom is -0.351 e. The van der Waals surface area contributed by atoms with E-state index >= 15 is 0 Å². The molecule has 0 saturated heterocycles. The van der Waals surface area contributed by atoms with Gasteiger partial charge in [0.05, 0.1) is 11.4 Å². The molecule has 0 fully saturated rings. The first-order valence-electron chi connectivity index (χ1n) is 9.61. The molecule has 1 aromatic heterocycles. The summed E-state index contributed by atoms with van der Waals surface area (Å²) in [6, 6.07) is 17.9. The van der Waals surface area contributed by atoms with Crippen LogP contribution in [0.3, 0.4) is 0 Å². The average molecular weight is 361 g/mol. The van der Waals surface area contributed by atoms with Gasteiger partial charge in [-0.25, -0.2) is 4.68 Å². The number of carbonyl (C=O) groups is 1. The predicted molar refractivity (Wildman–Crippen MR) is 110 cm³/mol. The molecule has 0 saturated carbocycles. The van der Waals surface area contributed by atoms with E-state index in [2.05, 4.69) is 44.3 Å². The van der Waals surface area contributed by atoms with E-state index in [9.17, 15) is 4.79 Å². The van der Waals surface area contributed by atoms with Crippen LogP contribution in [0.4, 0.5) is 0 Å². The molecule has 3 aromatic rings. The molecule has 2 aromatic carbocycles.